The van der Waals surface area contributed by atoms with E-state index in [-0.39, 0.29) is 30.1 Å². The molecule has 1 aliphatic rings. The molecule has 4 N–H and O–H groups in total. The fourth-order valence-electron chi connectivity index (χ4n) is 4.57. The van der Waals surface area contributed by atoms with E-state index in [2.05, 4.69) is 32.1 Å². The van der Waals surface area contributed by atoms with Crippen molar-refractivity contribution < 1.29 is 19.1 Å². The Morgan fingerprint density at radius 3 is 2.58 bits per heavy atom. The standard InChI is InChI=1S/C27H32FN7O3/c1-16(36)33-18-4-6-19(7-5-18)34-22-11-23(24-9-8-20-10-17(12-29)13-32-35(20)24)30-14-21(22)26(37)31-15-25(28)27(2,3)38/h8-11,13-14,18-19,25,38H,4-7,15H2,1-3H3,(H,30,34)(H,31,37)(H,33,36). The first-order chi connectivity index (χ1) is 18.0. The molecule has 10 nitrogen and oxygen atoms in total. The van der Waals surface area contributed by atoms with Crippen molar-refractivity contribution in [2.75, 3.05) is 11.9 Å². The smallest absolute Gasteiger partial charge is 0.255 e. The van der Waals surface area contributed by atoms with Crippen LogP contribution in [-0.2, 0) is 4.79 Å². The van der Waals surface area contributed by atoms with Gasteiger partial charge in [-0.2, -0.15) is 10.4 Å². The van der Waals surface area contributed by atoms with Crippen molar-refractivity contribution in [1.82, 2.24) is 25.2 Å². The van der Waals surface area contributed by atoms with Gasteiger partial charge in [0.1, 0.15) is 12.2 Å². The fourth-order valence-corrected chi connectivity index (χ4v) is 4.57. The van der Waals surface area contributed by atoms with Crippen LogP contribution in [0.3, 0.4) is 0 Å². The van der Waals surface area contributed by atoms with Crippen LogP contribution in [0.1, 0.15) is 62.4 Å². The summed E-state index contributed by atoms with van der Waals surface area (Å²) in [6, 6.07) is 9.42. The molecule has 4 rings (SSSR count). The van der Waals surface area contributed by atoms with Gasteiger partial charge in [-0.3, -0.25) is 14.6 Å². The van der Waals surface area contributed by atoms with E-state index in [4.69, 9.17) is 5.26 Å². The number of carbonyl (C=O) groups is 2. The average Bonchev–Trinajstić information content (AvgIpc) is 3.30. The number of pyridine rings is 1. The second-order valence-electron chi connectivity index (χ2n) is 10.3. The summed E-state index contributed by atoms with van der Waals surface area (Å²) >= 11 is 0. The molecule has 1 fully saturated rings. The molecule has 0 aliphatic heterocycles. The minimum Gasteiger partial charge on any atom is -0.387 e. The molecule has 3 heterocycles. The number of alkyl halides is 1. The molecule has 0 aromatic carbocycles. The molecule has 1 aliphatic carbocycles. The van der Waals surface area contributed by atoms with Crippen LogP contribution < -0.4 is 16.0 Å². The first-order valence-electron chi connectivity index (χ1n) is 12.6. The van der Waals surface area contributed by atoms with Gasteiger partial charge in [-0.15, -0.1) is 0 Å². The van der Waals surface area contributed by atoms with Crippen LogP contribution in [0.5, 0.6) is 0 Å². The monoisotopic (exact) mass is 521 g/mol. The Morgan fingerprint density at radius 2 is 1.92 bits per heavy atom. The minimum atomic E-state index is -1.64. The van der Waals surface area contributed by atoms with Gasteiger partial charge in [-0.25, -0.2) is 8.91 Å². The second kappa shape index (κ2) is 11.1. The first kappa shape index (κ1) is 27.0. The van der Waals surface area contributed by atoms with Gasteiger partial charge < -0.3 is 21.1 Å². The number of hydrogen-bond donors (Lipinski definition) is 4. The largest absolute Gasteiger partial charge is 0.387 e. The molecule has 200 valence electrons. The van der Waals surface area contributed by atoms with E-state index in [1.54, 1.807) is 16.6 Å². The number of aliphatic hydroxyl groups is 1. The van der Waals surface area contributed by atoms with E-state index in [0.29, 0.717) is 22.6 Å². The molecule has 1 atom stereocenters. The van der Waals surface area contributed by atoms with Gasteiger partial charge in [0.05, 0.1) is 52.1 Å². The lowest BCUT2D eigenvalue weighted by molar-refractivity contribution is -0.119. The Labute approximate surface area is 220 Å². The normalized spacial score (nSPS) is 18.4. The van der Waals surface area contributed by atoms with Crippen LogP contribution in [0.4, 0.5) is 10.1 Å². The summed E-state index contributed by atoms with van der Waals surface area (Å²) in [4.78, 5) is 29.0. The number of fused-ring (bicyclic) bond motifs is 1. The summed E-state index contributed by atoms with van der Waals surface area (Å²) in [5.41, 5.74) is 1.62. The SMILES string of the molecule is CC(=O)NC1CCC(Nc2cc(-c3ccc4cc(C#N)cnn34)ncc2C(=O)NCC(F)C(C)(C)O)CC1. The third kappa shape index (κ3) is 6.26. The molecule has 3 aromatic rings. The Balaban J connectivity index is 1.61. The molecule has 2 amide bonds. The number of aromatic nitrogens is 3. The molecule has 0 radical (unpaired) electrons. The maximum absolute atomic E-state index is 14.3. The van der Waals surface area contributed by atoms with Crippen LogP contribution in [0, 0.1) is 11.3 Å². The average molecular weight is 522 g/mol. The highest BCUT2D eigenvalue weighted by atomic mass is 19.1. The number of halogens is 1. The second-order valence-corrected chi connectivity index (χ2v) is 10.3. The van der Waals surface area contributed by atoms with Crippen molar-refractivity contribution in [3.8, 4) is 17.5 Å². The summed E-state index contributed by atoms with van der Waals surface area (Å²) in [7, 11) is 0. The summed E-state index contributed by atoms with van der Waals surface area (Å²) < 4.78 is 16.0. The molecular weight excluding hydrogens is 489 g/mol. The van der Waals surface area contributed by atoms with E-state index in [1.165, 1.54) is 33.2 Å². The van der Waals surface area contributed by atoms with Gasteiger partial charge in [0, 0.05) is 25.2 Å². The van der Waals surface area contributed by atoms with Crippen molar-refractivity contribution in [3.63, 3.8) is 0 Å². The lowest BCUT2D eigenvalue weighted by atomic mass is 9.90. The summed E-state index contributed by atoms with van der Waals surface area (Å²) in [5.74, 6) is -0.562. The topological polar surface area (TPSA) is 144 Å². The number of amides is 2. The Morgan fingerprint density at radius 1 is 1.21 bits per heavy atom. The maximum atomic E-state index is 14.3. The van der Waals surface area contributed by atoms with Crippen molar-refractivity contribution in [2.24, 2.45) is 0 Å². The third-order valence-electron chi connectivity index (χ3n) is 6.74. The molecule has 1 saturated carbocycles. The third-order valence-corrected chi connectivity index (χ3v) is 6.74. The summed E-state index contributed by atoms with van der Waals surface area (Å²) in [6.07, 6.45) is 4.47. The van der Waals surface area contributed by atoms with E-state index < -0.39 is 17.7 Å². The zero-order chi connectivity index (χ0) is 27.4. The molecule has 0 saturated heterocycles. The number of rotatable bonds is 8. The first-order valence-corrected chi connectivity index (χ1v) is 12.6. The molecule has 11 heteroatoms. The van der Waals surface area contributed by atoms with Gasteiger partial charge in [0.15, 0.2) is 0 Å². The maximum Gasteiger partial charge on any atom is 0.255 e. The van der Waals surface area contributed by atoms with Crippen molar-refractivity contribution in [1.29, 1.82) is 5.26 Å². The predicted octanol–water partition coefficient (Wildman–Crippen LogP) is 2.97. The zero-order valence-corrected chi connectivity index (χ0v) is 21.7. The van der Waals surface area contributed by atoms with E-state index in [0.717, 1.165) is 31.2 Å². The van der Waals surface area contributed by atoms with Gasteiger partial charge in [-0.1, -0.05) is 0 Å². The zero-order valence-electron chi connectivity index (χ0n) is 21.7. The van der Waals surface area contributed by atoms with Crippen LogP contribution in [0.15, 0.2) is 36.7 Å². The number of hydrogen-bond acceptors (Lipinski definition) is 7. The Kier molecular flexibility index (Phi) is 7.92. The predicted molar refractivity (Wildman–Crippen MR) is 140 cm³/mol. The Bertz CT molecular complexity index is 1370. The summed E-state index contributed by atoms with van der Waals surface area (Å²) in [5, 5.41) is 32.4. The lowest BCUT2D eigenvalue weighted by Gasteiger charge is -2.30. The minimum absolute atomic E-state index is 0.0497. The highest BCUT2D eigenvalue weighted by Crippen LogP contribution is 2.29. The molecule has 0 spiro atoms. The highest BCUT2D eigenvalue weighted by molar-refractivity contribution is 6.00. The Hall–Kier alpha value is -4.04. The van der Waals surface area contributed by atoms with Gasteiger partial charge in [0.25, 0.3) is 5.91 Å². The lowest BCUT2D eigenvalue weighted by Crippen LogP contribution is -2.42. The molecule has 1 unspecified atom stereocenters. The molecular formula is C27H32FN7O3. The molecule has 3 aromatic heterocycles. The number of nitrogens with zero attached hydrogens (tertiary/aromatic N) is 4. The van der Waals surface area contributed by atoms with Gasteiger partial charge >= 0.3 is 0 Å². The molecule has 38 heavy (non-hydrogen) atoms. The van der Waals surface area contributed by atoms with Crippen molar-refractivity contribution in [3.05, 3.63) is 47.8 Å². The van der Waals surface area contributed by atoms with E-state index in [9.17, 15) is 19.1 Å². The van der Waals surface area contributed by atoms with E-state index >= 15 is 0 Å². The van der Waals surface area contributed by atoms with Crippen LogP contribution in [-0.4, -0.2) is 61.9 Å². The molecule has 0 bridgehead atoms. The van der Waals surface area contributed by atoms with Gasteiger partial charge in [-0.05, 0) is 63.8 Å². The van der Waals surface area contributed by atoms with Crippen molar-refractivity contribution >= 4 is 23.0 Å². The van der Waals surface area contributed by atoms with Gasteiger partial charge in [0.2, 0.25) is 5.91 Å². The number of nitriles is 1. The van der Waals surface area contributed by atoms with Crippen molar-refractivity contribution in [2.45, 2.75) is 70.3 Å². The van der Waals surface area contributed by atoms with Crippen LogP contribution in [0.25, 0.3) is 16.9 Å². The van der Waals surface area contributed by atoms with Crippen LogP contribution >= 0.6 is 0 Å². The quantitative estimate of drug-likeness (QED) is 0.357. The highest BCUT2D eigenvalue weighted by Gasteiger charge is 2.28. The van der Waals surface area contributed by atoms with E-state index in [1.807, 2.05) is 12.1 Å². The van der Waals surface area contributed by atoms with Crippen LogP contribution in [0.2, 0.25) is 0 Å². The fraction of sp³-hybridized carbons (Fsp3) is 0.444. The number of carbonyl (C=O) groups excluding carboxylic acids is 2. The number of anilines is 1. The number of nitrogens with one attached hydrogen (secondary N) is 3. The summed E-state index contributed by atoms with van der Waals surface area (Å²) in [6.45, 7) is 3.86.